The Kier molecular flexibility index (Phi) is 13.1. The molecule has 0 radical (unpaired) electrons. The minimum atomic E-state index is -4.67. The van der Waals surface area contributed by atoms with Crippen LogP contribution in [0.4, 0.5) is 17.1 Å². The molecule has 3 N–H and O–H groups in total. The Morgan fingerprint density at radius 3 is 2.52 bits per heavy atom. The van der Waals surface area contributed by atoms with Gasteiger partial charge in [-0.1, -0.05) is 43.2 Å². The maximum Gasteiger partial charge on any atom is 0.297 e. The number of hydrogen-bond donors (Lipinski definition) is 3. The van der Waals surface area contributed by atoms with Crippen LogP contribution in [-0.2, 0) is 14.8 Å². The first-order valence-corrected chi connectivity index (χ1v) is 25.5. The van der Waals surface area contributed by atoms with E-state index in [4.69, 9.17) is 25.8 Å². The molecule has 19 heteroatoms. The standard InChI is InChI=1S/C50H58ClN9O8S/c1-32-26-57(16-19-59(32)39-30-66-31-39)28-37-29-67-46-23-41(22-44(60(62)63)47(46)54-37)69(64,65)55-49(61)42-9-8-38(21-45(42)68-40-20-34-11-13-52-48(34)53-25-40)58-17-14-56(15-18-58)27-35-10-12-50(2,3)24-43(35)33-4-6-36(51)7-5-33/h4-9,11,13,20-23,25,32,37,39,54H,10,12,14-19,24,26-31H2,1-3H3,(H,52,53)(H,55,61)/t32-,37+/m1/s1. The average molecular weight is 981 g/mol. The predicted octanol–water partition coefficient (Wildman–Crippen LogP) is 7.40. The van der Waals surface area contributed by atoms with Gasteiger partial charge in [0, 0.05) is 105 Å². The number of aromatic nitrogens is 2. The molecule has 10 rings (SSSR count). The van der Waals surface area contributed by atoms with Crippen molar-refractivity contribution in [2.24, 2.45) is 5.41 Å². The Labute approximate surface area is 406 Å². The van der Waals surface area contributed by atoms with E-state index in [1.807, 2.05) is 18.2 Å². The van der Waals surface area contributed by atoms with Crippen molar-refractivity contribution >= 4 is 61.2 Å². The molecule has 364 valence electrons. The number of anilines is 2. The second-order valence-corrected chi connectivity index (χ2v) is 21.9. The van der Waals surface area contributed by atoms with Crippen LogP contribution in [-0.4, -0.2) is 141 Å². The summed E-state index contributed by atoms with van der Waals surface area (Å²) in [6, 6.07) is 19.5. The SMILES string of the molecule is C[C@@H]1CN(C[C@H]2COc3cc(S(=O)(=O)NC(=O)c4ccc(N5CCN(CC6=C(c7ccc(Cl)cc7)CC(C)(C)CC6)CC5)cc4Oc4cnc5[nH]ccc5c4)cc([N+](=O)[O-])c3N2)CCN1C1COC1. The van der Waals surface area contributed by atoms with Gasteiger partial charge in [-0.2, -0.15) is 0 Å². The molecule has 1 aliphatic carbocycles. The number of nitro groups is 1. The van der Waals surface area contributed by atoms with E-state index >= 15 is 0 Å². The van der Waals surface area contributed by atoms with Gasteiger partial charge in [0.15, 0.2) is 11.4 Å². The van der Waals surface area contributed by atoms with Crippen molar-refractivity contribution < 1.29 is 32.3 Å². The van der Waals surface area contributed by atoms with Gasteiger partial charge in [0.1, 0.15) is 23.8 Å². The van der Waals surface area contributed by atoms with Gasteiger partial charge in [-0.3, -0.25) is 29.6 Å². The number of benzene rings is 3. The zero-order valence-corrected chi connectivity index (χ0v) is 40.7. The van der Waals surface area contributed by atoms with Crippen molar-refractivity contribution in [3.8, 4) is 17.2 Å². The Morgan fingerprint density at radius 1 is 1.00 bits per heavy atom. The Bertz CT molecular complexity index is 2900. The smallest absolute Gasteiger partial charge is 0.297 e. The van der Waals surface area contributed by atoms with Crippen LogP contribution in [0.25, 0.3) is 16.6 Å². The summed E-state index contributed by atoms with van der Waals surface area (Å²) in [5.41, 5.74) is 5.34. The number of aromatic amines is 1. The Morgan fingerprint density at radius 2 is 1.78 bits per heavy atom. The molecule has 4 aliphatic heterocycles. The number of H-pyrrole nitrogens is 1. The highest BCUT2D eigenvalue weighted by Crippen LogP contribution is 2.44. The molecule has 0 spiro atoms. The van der Waals surface area contributed by atoms with Crippen molar-refractivity contribution in [3.63, 3.8) is 0 Å². The lowest BCUT2D eigenvalue weighted by Crippen LogP contribution is -2.61. The molecule has 0 saturated carbocycles. The summed E-state index contributed by atoms with van der Waals surface area (Å²) in [6.07, 6.45) is 6.47. The number of fused-ring (bicyclic) bond motifs is 2. The van der Waals surface area contributed by atoms with Crippen LogP contribution < -0.4 is 24.4 Å². The molecule has 2 atom stereocenters. The molecular formula is C50H58ClN9O8S. The van der Waals surface area contributed by atoms with Crippen LogP contribution in [0.2, 0.25) is 5.02 Å². The van der Waals surface area contributed by atoms with Crippen LogP contribution in [0.5, 0.6) is 17.2 Å². The van der Waals surface area contributed by atoms with Gasteiger partial charge in [0.2, 0.25) is 0 Å². The number of nitro benzene ring substituents is 1. The summed E-state index contributed by atoms with van der Waals surface area (Å²) < 4.78 is 48.0. The summed E-state index contributed by atoms with van der Waals surface area (Å²) >= 11 is 6.26. The van der Waals surface area contributed by atoms with Crippen LogP contribution >= 0.6 is 11.6 Å². The van der Waals surface area contributed by atoms with Gasteiger partial charge in [0.25, 0.3) is 21.6 Å². The number of carbonyl (C=O) groups is 1. The first kappa shape index (κ1) is 46.9. The molecule has 3 fully saturated rings. The zero-order chi connectivity index (χ0) is 48.0. The van der Waals surface area contributed by atoms with Gasteiger partial charge >= 0.3 is 0 Å². The third kappa shape index (κ3) is 10.3. The summed E-state index contributed by atoms with van der Waals surface area (Å²) in [7, 11) is -4.67. The monoisotopic (exact) mass is 979 g/mol. The number of amides is 1. The second-order valence-electron chi connectivity index (χ2n) is 19.8. The lowest BCUT2D eigenvalue weighted by Gasteiger charge is -2.47. The fourth-order valence-corrected chi connectivity index (χ4v) is 11.5. The molecule has 69 heavy (non-hydrogen) atoms. The molecule has 1 amide bonds. The van der Waals surface area contributed by atoms with Gasteiger partial charge in [-0.05, 0) is 79.1 Å². The van der Waals surface area contributed by atoms with Gasteiger partial charge < -0.3 is 29.4 Å². The highest BCUT2D eigenvalue weighted by Gasteiger charge is 2.37. The molecule has 5 aromatic rings. The van der Waals surface area contributed by atoms with Crippen molar-refractivity contribution in [3.05, 3.63) is 111 Å². The van der Waals surface area contributed by atoms with Gasteiger partial charge in [-0.25, -0.2) is 18.1 Å². The lowest BCUT2D eigenvalue weighted by molar-refractivity contribution is -0.384. The van der Waals surface area contributed by atoms with Crippen LogP contribution in [0.1, 0.15) is 56.0 Å². The van der Waals surface area contributed by atoms with Crippen molar-refractivity contribution in [2.45, 2.75) is 63.1 Å². The fraction of sp³-hybridized carbons (Fsp3) is 0.440. The molecule has 0 unspecified atom stereocenters. The molecule has 2 aromatic heterocycles. The molecule has 0 bridgehead atoms. The number of nitrogens with zero attached hydrogens (tertiary/aromatic N) is 6. The number of rotatable bonds is 13. The normalized spacial score (nSPS) is 21.5. The maximum absolute atomic E-state index is 14.1. The number of sulfonamides is 1. The van der Waals surface area contributed by atoms with E-state index in [0.717, 1.165) is 93.9 Å². The van der Waals surface area contributed by atoms with Crippen LogP contribution in [0, 0.1) is 15.5 Å². The van der Waals surface area contributed by atoms with Crippen molar-refractivity contribution in [2.75, 3.05) is 88.9 Å². The van der Waals surface area contributed by atoms with E-state index in [1.54, 1.807) is 30.5 Å². The molecule has 3 aromatic carbocycles. The third-order valence-electron chi connectivity index (χ3n) is 14.3. The highest BCUT2D eigenvalue weighted by atomic mass is 35.5. The average Bonchev–Trinajstić information content (AvgIpc) is 3.78. The topological polar surface area (TPSA) is 188 Å². The van der Waals surface area contributed by atoms with Gasteiger partial charge in [-0.15, -0.1) is 0 Å². The number of hydrogen-bond acceptors (Lipinski definition) is 14. The van der Waals surface area contributed by atoms with E-state index < -0.39 is 31.4 Å². The quantitative estimate of drug-likeness (QED) is 0.0782. The van der Waals surface area contributed by atoms with Crippen molar-refractivity contribution in [1.82, 2.24) is 29.4 Å². The van der Waals surface area contributed by atoms with Crippen molar-refractivity contribution in [1.29, 1.82) is 0 Å². The summed E-state index contributed by atoms with van der Waals surface area (Å²) in [5, 5.41) is 17.3. The number of piperazine rings is 2. The molecule has 17 nitrogen and oxygen atoms in total. The predicted molar refractivity (Wildman–Crippen MR) is 265 cm³/mol. The highest BCUT2D eigenvalue weighted by molar-refractivity contribution is 7.90. The molecular weight excluding hydrogens is 922 g/mol. The first-order chi connectivity index (χ1) is 33.1. The van der Waals surface area contributed by atoms with E-state index in [0.29, 0.717) is 43.1 Å². The number of pyridine rings is 1. The molecule has 3 saturated heterocycles. The zero-order valence-electron chi connectivity index (χ0n) is 39.1. The number of halogens is 1. The van der Waals surface area contributed by atoms with E-state index in [2.05, 4.69) is 72.5 Å². The molecule has 5 aliphatic rings. The van der Waals surface area contributed by atoms with Crippen LogP contribution in [0.15, 0.2) is 89.6 Å². The first-order valence-electron chi connectivity index (χ1n) is 23.7. The molecule has 6 heterocycles. The minimum Gasteiger partial charge on any atom is -0.489 e. The maximum atomic E-state index is 14.1. The fourth-order valence-electron chi connectivity index (χ4n) is 10.4. The Balaban J connectivity index is 0.850. The number of nitrogens with one attached hydrogen (secondary N) is 3. The number of allylic oxidation sites excluding steroid dienone is 1. The number of carbonyl (C=O) groups excluding carboxylic acids is 1. The van der Waals surface area contributed by atoms with E-state index in [9.17, 15) is 23.3 Å². The lowest BCUT2D eigenvalue weighted by atomic mass is 9.72. The van der Waals surface area contributed by atoms with Gasteiger partial charge in [0.05, 0.1) is 46.9 Å². The van der Waals surface area contributed by atoms with E-state index in [1.165, 1.54) is 29.0 Å². The van der Waals surface area contributed by atoms with Crippen LogP contribution in [0.3, 0.4) is 0 Å². The summed E-state index contributed by atoms with van der Waals surface area (Å²) in [5.74, 6) is -0.505. The third-order valence-corrected chi connectivity index (χ3v) is 15.8. The Hall–Kier alpha value is -5.76. The second kappa shape index (κ2) is 19.2. The minimum absolute atomic E-state index is 0.0129. The summed E-state index contributed by atoms with van der Waals surface area (Å²) in [6.45, 7) is 15.6. The summed E-state index contributed by atoms with van der Waals surface area (Å²) in [4.78, 5) is 42.5. The largest absolute Gasteiger partial charge is 0.489 e. The number of ether oxygens (including phenoxy) is 3. The van der Waals surface area contributed by atoms with E-state index in [-0.39, 0.29) is 40.8 Å².